The molecular formula is C27H29ClN6O2. The van der Waals surface area contributed by atoms with E-state index in [1.807, 2.05) is 12.1 Å². The molecule has 1 saturated heterocycles. The Kier molecular flexibility index (Phi) is 5.66. The maximum Gasteiger partial charge on any atom is 0.218 e. The van der Waals surface area contributed by atoms with Crippen LogP contribution in [-0.4, -0.2) is 45.8 Å². The Morgan fingerprint density at radius 3 is 2.92 bits per heavy atom. The van der Waals surface area contributed by atoms with Crippen molar-refractivity contribution in [1.82, 2.24) is 20.0 Å². The van der Waals surface area contributed by atoms with Gasteiger partial charge in [0.15, 0.2) is 17.3 Å². The lowest BCUT2D eigenvalue weighted by Gasteiger charge is -2.33. The second-order valence-corrected chi connectivity index (χ2v) is 10.7. The van der Waals surface area contributed by atoms with Crippen LogP contribution in [0.3, 0.4) is 0 Å². The zero-order valence-corrected chi connectivity index (χ0v) is 21.3. The zero-order valence-electron chi connectivity index (χ0n) is 20.6. The van der Waals surface area contributed by atoms with E-state index >= 15 is 0 Å². The highest BCUT2D eigenvalue weighted by Gasteiger charge is 2.49. The van der Waals surface area contributed by atoms with Crippen LogP contribution in [0.5, 0.6) is 5.88 Å². The normalized spacial score (nSPS) is 23.9. The Morgan fingerprint density at radius 1 is 1.28 bits per heavy atom. The van der Waals surface area contributed by atoms with Crippen molar-refractivity contribution in [2.45, 2.75) is 69.4 Å². The number of rotatable bonds is 4. The predicted molar refractivity (Wildman–Crippen MR) is 136 cm³/mol. The van der Waals surface area contributed by atoms with Gasteiger partial charge >= 0.3 is 0 Å². The summed E-state index contributed by atoms with van der Waals surface area (Å²) in [6, 6.07) is 8.21. The zero-order chi connectivity index (χ0) is 25.0. The Bertz CT molecular complexity index is 1380. The number of likely N-dealkylation sites (N-methyl/N-ethyl adjacent to an activating group) is 1. The third kappa shape index (κ3) is 3.56. The minimum Gasteiger partial charge on any atom is -0.473 e. The van der Waals surface area contributed by atoms with E-state index in [-0.39, 0.29) is 6.10 Å². The number of hydrogen-bond donors (Lipinski definition) is 1. The van der Waals surface area contributed by atoms with Gasteiger partial charge in [-0.05, 0) is 82.7 Å². The van der Waals surface area contributed by atoms with Gasteiger partial charge in [0.2, 0.25) is 5.88 Å². The minimum atomic E-state index is -0.409. The summed E-state index contributed by atoms with van der Waals surface area (Å²) in [4.78, 5) is 11.5. The van der Waals surface area contributed by atoms with E-state index in [1.165, 1.54) is 6.42 Å². The summed E-state index contributed by atoms with van der Waals surface area (Å²) in [6.45, 7) is 3.14. The molecule has 36 heavy (non-hydrogen) atoms. The van der Waals surface area contributed by atoms with Crippen LogP contribution in [0.2, 0.25) is 5.15 Å². The van der Waals surface area contributed by atoms with Crippen LogP contribution in [0.4, 0.5) is 5.69 Å². The van der Waals surface area contributed by atoms with Gasteiger partial charge in [0.1, 0.15) is 17.3 Å². The van der Waals surface area contributed by atoms with Crippen LogP contribution in [0, 0.1) is 11.3 Å². The molecule has 0 saturated carbocycles. The number of hydrogen-bond acceptors (Lipinski definition) is 8. The smallest absolute Gasteiger partial charge is 0.218 e. The molecule has 2 N–H and O–H groups in total. The fourth-order valence-corrected chi connectivity index (χ4v) is 6.80. The van der Waals surface area contributed by atoms with Gasteiger partial charge in [0, 0.05) is 23.4 Å². The molecule has 3 aliphatic rings. The molecule has 1 unspecified atom stereocenters. The number of likely N-dealkylation sites (tertiary alicyclic amines) is 1. The molecule has 0 radical (unpaired) electrons. The van der Waals surface area contributed by atoms with Gasteiger partial charge in [-0.3, -0.25) is 4.90 Å². The molecule has 6 rings (SSSR count). The molecular weight excluding hydrogens is 476 g/mol. The van der Waals surface area contributed by atoms with Crippen molar-refractivity contribution >= 4 is 17.3 Å². The number of anilines is 1. The molecule has 2 aromatic heterocycles. The van der Waals surface area contributed by atoms with Gasteiger partial charge in [-0.15, -0.1) is 0 Å². The largest absolute Gasteiger partial charge is 0.473 e. The predicted octanol–water partition coefficient (Wildman–Crippen LogP) is 4.67. The molecule has 1 aliphatic heterocycles. The summed E-state index contributed by atoms with van der Waals surface area (Å²) >= 11 is 6.42. The molecule has 1 spiro atoms. The monoisotopic (exact) mass is 504 g/mol. The lowest BCUT2D eigenvalue weighted by atomic mass is 9.68. The average molecular weight is 505 g/mol. The van der Waals surface area contributed by atoms with Crippen LogP contribution in [0.25, 0.3) is 11.5 Å². The van der Waals surface area contributed by atoms with Crippen molar-refractivity contribution in [3.63, 3.8) is 0 Å². The molecule has 186 valence electrons. The summed E-state index contributed by atoms with van der Waals surface area (Å²) in [6.07, 6.45) is 6.59. The summed E-state index contributed by atoms with van der Waals surface area (Å²) in [5.41, 5.74) is 10.6. The minimum absolute atomic E-state index is 0.0318. The standard InChI is InChI=1S/C27H29ClN6O2/c1-15(20-6-4-12-34(20)2)35-22-13-21(28)31-26(32-22)24-17-5-3-10-27(25(17)36-33-24)11-9-16-7-8-19(30)18(14-29)23(16)27/h7-8,13,15,20H,3-6,9-12,30H2,1-2H3/t15-,20-,27?/m0/s1. The number of halogens is 1. The first-order valence-electron chi connectivity index (χ1n) is 12.6. The lowest BCUT2D eigenvalue weighted by Crippen LogP contribution is -2.38. The number of fused-ring (bicyclic) bond motifs is 4. The van der Waals surface area contributed by atoms with E-state index in [1.54, 1.807) is 6.07 Å². The molecule has 8 nitrogen and oxygen atoms in total. The van der Waals surface area contributed by atoms with E-state index in [0.717, 1.165) is 67.5 Å². The SMILES string of the molecule is C[C@H](Oc1cc(Cl)nc(-c2noc3c2CCCC32CCc3ccc(N)c(C#N)c32)n1)[C@@H]1CCCN1C. The van der Waals surface area contributed by atoms with E-state index in [4.69, 9.17) is 31.6 Å². The van der Waals surface area contributed by atoms with Crippen molar-refractivity contribution in [3.05, 3.63) is 51.4 Å². The fraction of sp³-hybridized carbons (Fsp3) is 0.481. The second-order valence-electron chi connectivity index (χ2n) is 10.3. The Hall–Kier alpha value is -3.15. The third-order valence-electron chi connectivity index (χ3n) is 8.30. The Labute approximate surface area is 215 Å². The summed E-state index contributed by atoms with van der Waals surface area (Å²) < 4.78 is 12.3. The first kappa shape index (κ1) is 23.3. The highest BCUT2D eigenvalue weighted by Crippen LogP contribution is 2.54. The number of nitrogens with zero attached hydrogens (tertiary/aromatic N) is 5. The Morgan fingerprint density at radius 2 is 2.14 bits per heavy atom. The van der Waals surface area contributed by atoms with E-state index in [9.17, 15) is 5.26 Å². The van der Waals surface area contributed by atoms with Crippen molar-refractivity contribution in [2.24, 2.45) is 0 Å². The summed E-state index contributed by atoms with van der Waals surface area (Å²) in [5, 5.41) is 14.7. The topological polar surface area (TPSA) is 114 Å². The van der Waals surface area contributed by atoms with Gasteiger partial charge in [-0.1, -0.05) is 22.8 Å². The molecule has 0 bridgehead atoms. The van der Waals surface area contributed by atoms with Crippen molar-refractivity contribution in [2.75, 3.05) is 19.3 Å². The quantitative estimate of drug-likeness (QED) is 0.402. The summed E-state index contributed by atoms with van der Waals surface area (Å²) in [5.74, 6) is 1.64. The first-order chi connectivity index (χ1) is 17.4. The number of ether oxygens (including phenoxy) is 1. The van der Waals surface area contributed by atoms with Gasteiger partial charge in [-0.2, -0.15) is 10.2 Å². The third-order valence-corrected chi connectivity index (χ3v) is 8.49. The first-order valence-corrected chi connectivity index (χ1v) is 13.0. The number of nitrogens with two attached hydrogens (primary N) is 1. The molecule has 3 atom stereocenters. The van der Waals surface area contributed by atoms with Crippen molar-refractivity contribution in [3.8, 4) is 23.5 Å². The number of aryl methyl sites for hydroxylation is 1. The fourth-order valence-electron chi connectivity index (χ4n) is 6.62. The van der Waals surface area contributed by atoms with Gasteiger partial charge in [-0.25, -0.2) is 4.98 Å². The number of benzene rings is 1. The highest BCUT2D eigenvalue weighted by atomic mass is 35.5. The van der Waals surface area contributed by atoms with E-state index in [0.29, 0.717) is 39.8 Å². The van der Waals surface area contributed by atoms with E-state index < -0.39 is 5.41 Å². The molecule has 1 aromatic carbocycles. The molecule has 1 fully saturated rings. The van der Waals surface area contributed by atoms with Gasteiger partial charge < -0.3 is 15.0 Å². The van der Waals surface area contributed by atoms with Crippen molar-refractivity contribution in [1.29, 1.82) is 5.26 Å². The lowest BCUT2D eigenvalue weighted by molar-refractivity contribution is 0.117. The Balaban J connectivity index is 1.39. The van der Waals surface area contributed by atoms with E-state index in [2.05, 4.69) is 35.1 Å². The van der Waals surface area contributed by atoms with Gasteiger partial charge in [0.05, 0.1) is 11.0 Å². The molecule has 3 aromatic rings. The number of nitrogen functional groups attached to an aromatic ring is 1. The molecule has 2 aliphatic carbocycles. The number of nitriles is 1. The second kappa shape index (κ2) is 8.75. The maximum absolute atomic E-state index is 9.93. The van der Waals surface area contributed by atoms with Crippen LogP contribution in [0.1, 0.15) is 67.0 Å². The van der Waals surface area contributed by atoms with Gasteiger partial charge in [0.25, 0.3) is 0 Å². The summed E-state index contributed by atoms with van der Waals surface area (Å²) in [7, 11) is 2.12. The van der Waals surface area contributed by atoms with Crippen LogP contribution in [0.15, 0.2) is 22.7 Å². The average Bonchev–Trinajstić information content (AvgIpc) is 3.57. The number of aromatic nitrogens is 3. The van der Waals surface area contributed by atoms with Crippen LogP contribution in [-0.2, 0) is 18.3 Å². The molecule has 0 amide bonds. The van der Waals surface area contributed by atoms with Crippen LogP contribution >= 0.6 is 11.6 Å². The highest BCUT2D eigenvalue weighted by molar-refractivity contribution is 6.29. The molecule has 3 heterocycles. The molecule has 9 heteroatoms. The van der Waals surface area contributed by atoms with Crippen LogP contribution < -0.4 is 10.5 Å². The maximum atomic E-state index is 9.93. The van der Waals surface area contributed by atoms with Crippen molar-refractivity contribution < 1.29 is 9.26 Å².